The zero-order valence-corrected chi connectivity index (χ0v) is 36.7. The number of morpholine rings is 2. The Balaban J connectivity index is 0.000000193. The summed E-state index contributed by atoms with van der Waals surface area (Å²) in [4.78, 5) is 21.2. The second kappa shape index (κ2) is 18.5. The third-order valence-electron chi connectivity index (χ3n) is 9.59. The fourth-order valence-electron chi connectivity index (χ4n) is 6.41. The highest BCUT2D eigenvalue weighted by molar-refractivity contribution is 14.1. The van der Waals surface area contributed by atoms with E-state index >= 15 is 0 Å². The molecule has 2 saturated heterocycles. The van der Waals surface area contributed by atoms with E-state index in [-0.39, 0.29) is 35.7 Å². The highest BCUT2D eigenvalue weighted by Crippen LogP contribution is 2.28. The van der Waals surface area contributed by atoms with Crippen LogP contribution in [0.3, 0.4) is 0 Å². The quantitative estimate of drug-likeness (QED) is 0.145. The Labute approximate surface area is 359 Å². The van der Waals surface area contributed by atoms with Gasteiger partial charge in [-0.25, -0.2) is 35.8 Å². The molecule has 6 heterocycles. The number of amides is 1. The van der Waals surface area contributed by atoms with Gasteiger partial charge in [0, 0.05) is 68.6 Å². The lowest BCUT2D eigenvalue weighted by Gasteiger charge is -2.26. The van der Waals surface area contributed by atoms with Gasteiger partial charge in [0.05, 0.1) is 67.4 Å². The molecular formula is C35H42Cl2IN11O7S2. The molecule has 1 amide bonds. The summed E-state index contributed by atoms with van der Waals surface area (Å²) in [6, 6.07) is 9.16. The zero-order chi connectivity index (χ0) is 41.0. The van der Waals surface area contributed by atoms with E-state index in [1.807, 2.05) is 25.1 Å². The van der Waals surface area contributed by atoms with Gasteiger partial charge in [0.25, 0.3) is 5.91 Å². The van der Waals surface area contributed by atoms with Gasteiger partial charge < -0.3 is 25.4 Å². The monoisotopic (exact) mass is 989 g/mol. The fraction of sp³-hybridized carbons (Fsp3) is 0.457. The molecule has 0 bridgehead atoms. The molecule has 3 aliphatic rings. The summed E-state index contributed by atoms with van der Waals surface area (Å²) in [7, 11) is -6.69. The molecule has 0 radical (unpaired) electrons. The third kappa shape index (κ3) is 10.3. The lowest BCUT2D eigenvalue weighted by molar-refractivity contribution is 0.0731. The molecule has 4 aromatic heterocycles. The van der Waals surface area contributed by atoms with Gasteiger partial charge in [-0.3, -0.25) is 4.79 Å². The van der Waals surface area contributed by atoms with Crippen LogP contribution in [-0.4, -0.2) is 144 Å². The predicted octanol–water partition coefficient (Wildman–Crippen LogP) is 3.39. The summed E-state index contributed by atoms with van der Waals surface area (Å²) < 4.78 is 67.2. The van der Waals surface area contributed by atoms with Gasteiger partial charge in [-0.05, 0) is 60.1 Å². The Bertz CT molecular complexity index is 2510. The van der Waals surface area contributed by atoms with Gasteiger partial charge in [0.1, 0.15) is 3.70 Å². The lowest BCUT2D eigenvalue weighted by Crippen LogP contribution is -2.42. The number of benzene rings is 1. The number of anilines is 2. The zero-order valence-electron chi connectivity index (χ0n) is 31.4. The molecule has 5 aromatic rings. The molecule has 23 heteroatoms. The second-order valence-corrected chi connectivity index (χ2v) is 19.8. The number of aryl methyl sites for hydroxylation is 1. The molecule has 58 heavy (non-hydrogen) atoms. The number of carbonyl (C=O) groups is 1. The Kier molecular flexibility index (Phi) is 13.6. The smallest absolute Gasteiger partial charge is 0.251 e. The predicted molar refractivity (Wildman–Crippen MR) is 229 cm³/mol. The number of fused-ring (bicyclic) bond motifs is 2. The largest absolute Gasteiger partial charge is 0.381 e. The van der Waals surface area contributed by atoms with E-state index in [9.17, 15) is 21.6 Å². The van der Waals surface area contributed by atoms with E-state index in [4.69, 9.17) is 32.7 Å². The molecule has 312 valence electrons. The first-order chi connectivity index (χ1) is 27.8. The van der Waals surface area contributed by atoms with Crippen molar-refractivity contribution in [2.24, 2.45) is 0 Å². The summed E-state index contributed by atoms with van der Waals surface area (Å²) in [6.07, 6.45) is 5.43. The number of sulfonamides is 2. The molecule has 1 saturated carbocycles. The minimum absolute atomic E-state index is 0.00307. The average Bonchev–Trinajstić information content (AvgIpc) is 3.79. The van der Waals surface area contributed by atoms with Crippen LogP contribution in [0.15, 0.2) is 42.7 Å². The second-order valence-electron chi connectivity index (χ2n) is 13.7. The molecule has 8 rings (SSSR count). The number of carbonyl (C=O) groups excluding carboxylic acids is 1. The number of hydrogen-bond acceptors (Lipinski definition) is 13. The standard InChI is InChI=1S/C23H27ClN6O4S.C12H15ClIN5O3S/c1-15-12-16(2-5-18(15)23(31)27-17-3-4-17)20-14-26-22-19(13-21(24)28-30(20)22)25-6-11-35(32,33)29-7-9-34-10-8-29;13-10-7-9(12-16-8-11(14)19(12)17-10)15-1-6-23(20,21)18-2-4-22-5-3-18/h2,5,12-14,17,25H,3-4,6-11H2,1H3,(H,27,31);7-8,15H,1-6H2. The SMILES string of the molecule is Cc1cc(-c2cnc3c(NCCS(=O)(=O)N4CCOCC4)cc(Cl)nn23)ccc1C(=O)NC1CC1.O=S(=O)(CCNc1cc(Cl)nn2c(I)cnc12)N1CCOCC1. The Hall–Kier alpha value is -3.42. The maximum atomic E-state index is 12.6. The first kappa shape index (κ1) is 42.7. The number of aromatic nitrogens is 6. The minimum Gasteiger partial charge on any atom is -0.381 e. The van der Waals surface area contributed by atoms with Crippen molar-refractivity contribution >= 4 is 94.4 Å². The van der Waals surface area contributed by atoms with Crippen molar-refractivity contribution in [3.05, 3.63) is 67.9 Å². The summed E-state index contributed by atoms with van der Waals surface area (Å²) in [5.74, 6) is -0.123. The molecule has 1 aromatic carbocycles. The van der Waals surface area contributed by atoms with Crippen molar-refractivity contribution < 1.29 is 31.1 Å². The van der Waals surface area contributed by atoms with Crippen molar-refractivity contribution in [1.29, 1.82) is 0 Å². The van der Waals surface area contributed by atoms with Crippen molar-refractivity contribution in [2.45, 2.75) is 25.8 Å². The van der Waals surface area contributed by atoms with Gasteiger partial charge in [-0.15, -0.1) is 0 Å². The number of nitrogens with one attached hydrogen (secondary N) is 3. The van der Waals surface area contributed by atoms with Gasteiger partial charge in [-0.1, -0.05) is 29.3 Å². The summed E-state index contributed by atoms with van der Waals surface area (Å²) in [5.41, 5.74) is 5.44. The van der Waals surface area contributed by atoms with Crippen LogP contribution < -0.4 is 16.0 Å². The van der Waals surface area contributed by atoms with Gasteiger partial charge in [-0.2, -0.15) is 18.8 Å². The molecular weight excluding hydrogens is 948 g/mol. The van der Waals surface area contributed by atoms with Crippen molar-refractivity contribution in [3.63, 3.8) is 0 Å². The number of hydrogen-bond donors (Lipinski definition) is 3. The number of imidazole rings is 2. The van der Waals surface area contributed by atoms with E-state index in [1.54, 1.807) is 33.6 Å². The summed E-state index contributed by atoms with van der Waals surface area (Å²) >= 11 is 14.4. The minimum atomic E-state index is -3.39. The molecule has 0 spiro atoms. The number of ether oxygens (including phenoxy) is 2. The molecule has 18 nitrogen and oxygen atoms in total. The van der Waals surface area contributed by atoms with Crippen molar-refractivity contribution in [1.82, 2.24) is 43.1 Å². The van der Waals surface area contributed by atoms with E-state index in [1.165, 1.54) is 8.61 Å². The van der Waals surface area contributed by atoms with Gasteiger partial charge in [0.2, 0.25) is 20.0 Å². The summed E-state index contributed by atoms with van der Waals surface area (Å²) in [6.45, 7) is 5.64. The average molecular weight is 991 g/mol. The fourth-order valence-corrected chi connectivity index (χ4v) is 9.91. The summed E-state index contributed by atoms with van der Waals surface area (Å²) in [5, 5.41) is 18.4. The van der Waals surface area contributed by atoms with Gasteiger partial charge in [0.15, 0.2) is 21.6 Å². The van der Waals surface area contributed by atoms with Crippen molar-refractivity contribution in [3.8, 4) is 11.3 Å². The van der Waals surface area contributed by atoms with Crippen LogP contribution in [0.1, 0.15) is 28.8 Å². The first-order valence-electron chi connectivity index (χ1n) is 18.5. The maximum absolute atomic E-state index is 12.6. The first-order valence-corrected chi connectivity index (χ1v) is 23.6. The topological polar surface area (TPSA) is 207 Å². The van der Waals surface area contributed by atoms with Gasteiger partial charge >= 0.3 is 0 Å². The van der Waals surface area contributed by atoms with E-state index in [2.05, 4.69) is 58.7 Å². The molecule has 3 N–H and O–H groups in total. The Morgan fingerprint density at radius 2 is 1.31 bits per heavy atom. The van der Waals surface area contributed by atoms with E-state index in [0.717, 1.165) is 27.7 Å². The third-order valence-corrected chi connectivity index (χ3v) is 14.4. The van der Waals surface area contributed by atoms with Crippen molar-refractivity contribution in [2.75, 3.05) is 87.8 Å². The molecule has 0 atom stereocenters. The normalized spacial score (nSPS) is 16.9. The van der Waals surface area contributed by atoms with Crippen LogP contribution in [0, 0.1) is 10.6 Å². The number of nitrogens with zero attached hydrogens (tertiary/aromatic N) is 8. The Morgan fingerprint density at radius 3 is 1.84 bits per heavy atom. The van der Waals surface area contributed by atoms with Crippen LogP contribution in [0.25, 0.3) is 22.6 Å². The maximum Gasteiger partial charge on any atom is 0.251 e. The molecule has 0 unspecified atom stereocenters. The van der Waals surface area contributed by atoms with Crippen LogP contribution in [0.4, 0.5) is 11.4 Å². The highest BCUT2D eigenvalue weighted by Gasteiger charge is 2.27. The van der Waals surface area contributed by atoms with Crippen LogP contribution >= 0.6 is 45.8 Å². The van der Waals surface area contributed by atoms with E-state index in [0.29, 0.717) is 97.7 Å². The van der Waals surface area contributed by atoms with Crippen LogP contribution in [0.2, 0.25) is 10.3 Å². The lowest BCUT2D eigenvalue weighted by atomic mass is 10.0. The Morgan fingerprint density at radius 1 is 0.793 bits per heavy atom. The van der Waals surface area contributed by atoms with Crippen LogP contribution in [0.5, 0.6) is 0 Å². The molecule has 1 aliphatic carbocycles. The van der Waals surface area contributed by atoms with Crippen LogP contribution in [-0.2, 0) is 29.5 Å². The molecule has 2 aliphatic heterocycles. The highest BCUT2D eigenvalue weighted by atomic mass is 127. The number of halogens is 3. The number of rotatable bonds is 13. The van der Waals surface area contributed by atoms with E-state index < -0.39 is 20.0 Å². The molecule has 3 fully saturated rings.